The highest BCUT2D eigenvalue weighted by Gasteiger charge is 2.19. The van der Waals surface area contributed by atoms with E-state index in [1.807, 2.05) is 0 Å². The van der Waals surface area contributed by atoms with Crippen LogP contribution in [0.25, 0.3) is 0 Å². The van der Waals surface area contributed by atoms with Crippen LogP contribution >= 0.6 is 0 Å². The van der Waals surface area contributed by atoms with Crippen molar-refractivity contribution < 1.29 is 28.6 Å². The Morgan fingerprint density at radius 3 is 0.747 bits per heavy atom. The average Bonchev–Trinajstić information content (AvgIpc) is 3.49. The number of hydrogen-bond acceptors (Lipinski definition) is 6. The molecule has 6 heteroatoms. The van der Waals surface area contributed by atoms with Crippen molar-refractivity contribution in [2.45, 2.75) is 322 Å². The molecule has 0 amide bonds. The molecule has 0 saturated heterocycles. The first-order chi connectivity index (χ1) is 41.0. The highest BCUT2D eigenvalue weighted by atomic mass is 16.6. The lowest BCUT2D eigenvalue weighted by atomic mass is 10.0. The molecule has 0 aliphatic heterocycles. The number of carbonyl (C=O) groups excluding carboxylic acids is 3. The first-order valence-electron chi connectivity index (χ1n) is 34.7. The third-order valence-corrected chi connectivity index (χ3v) is 14.6. The van der Waals surface area contributed by atoms with Crippen LogP contribution in [0.1, 0.15) is 316 Å². The lowest BCUT2D eigenvalue weighted by Crippen LogP contribution is -2.30. The van der Waals surface area contributed by atoms with Gasteiger partial charge in [-0.3, -0.25) is 14.4 Å². The van der Waals surface area contributed by atoms with Crippen LogP contribution in [0, 0.1) is 0 Å². The minimum atomic E-state index is -0.794. The standard InChI is InChI=1S/C77H128O6/c1-4-7-10-13-16-19-22-25-27-29-30-31-32-33-34-35-36-37-38-39-40-41-42-43-44-45-46-48-49-52-55-58-61-64-67-70-76(79)82-73-74(72-81-75(78)69-66-63-60-57-54-51-24-21-18-15-12-9-6-3)83-77(80)71-68-65-62-59-56-53-50-47-28-26-23-20-17-14-11-8-5-2/h7,10,16,19,25-28,30-31,33-34,36-37,39-40,42-43,45-46,49,52,74H,4-6,8-9,11-15,17-18,20-24,29,32,35,38,41,44,47-48,50-51,53-73H2,1-3H3/b10-7-,19-16-,27-25-,28-26-,31-30-,34-33-,37-36-,40-39-,43-42-,46-45-,52-49-. The molecule has 1 unspecified atom stereocenters. The van der Waals surface area contributed by atoms with Crippen molar-refractivity contribution in [1.82, 2.24) is 0 Å². The summed E-state index contributed by atoms with van der Waals surface area (Å²) < 4.78 is 16.9. The molecule has 0 aromatic heterocycles. The summed E-state index contributed by atoms with van der Waals surface area (Å²) in [6, 6.07) is 0. The monoisotopic (exact) mass is 1150 g/mol. The van der Waals surface area contributed by atoms with E-state index in [2.05, 4.69) is 154 Å². The number of esters is 3. The van der Waals surface area contributed by atoms with Gasteiger partial charge in [0.05, 0.1) is 0 Å². The van der Waals surface area contributed by atoms with Crippen LogP contribution in [0.3, 0.4) is 0 Å². The first kappa shape index (κ1) is 78.5. The highest BCUT2D eigenvalue weighted by molar-refractivity contribution is 5.71. The van der Waals surface area contributed by atoms with Gasteiger partial charge in [0.2, 0.25) is 0 Å². The Labute approximate surface area is 513 Å². The predicted octanol–water partition coefficient (Wildman–Crippen LogP) is 24.1. The fourth-order valence-electron chi connectivity index (χ4n) is 9.47. The summed E-state index contributed by atoms with van der Waals surface area (Å²) in [5, 5.41) is 0. The van der Waals surface area contributed by atoms with E-state index in [0.717, 1.165) is 135 Å². The molecule has 83 heavy (non-hydrogen) atoms. The number of ether oxygens (including phenoxy) is 3. The number of rotatable bonds is 62. The van der Waals surface area contributed by atoms with Crippen molar-refractivity contribution in [3.05, 3.63) is 134 Å². The molecule has 6 nitrogen and oxygen atoms in total. The fourth-order valence-corrected chi connectivity index (χ4v) is 9.47. The zero-order chi connectivity index (χ0) is 59.9. The molecular weight excluding hydrogens is 1020 g/mol. The van der Waals surface area contributed by atoms with Gasteiger partial charge in [-0.15, -0.1) is 0 Å². The number of hydrogen-bond donors (Lipinski definition) is 0. The maximum absolute atomic E-state index is 12.9. The molecule has 472 valence electrons. The normalized spacial score (nSPS) is 13.0. The van der Waals surface area contributed by atoms with Crippen LogP contribution in [0.4, 0.5) is 0 Å². The Balaban J connectivity index is 4.33. The second-order valence-corrected chi connectivity index (χ2v) is 22.7. The van der Waals surface area contributed by atoms with E-state index in [1.165, 1.54) is 141 Å². The third-order valence-electron chi connectivity index (χ3n) is 14.6. The van der Waals surface area contributed by atoms with Crippen molar-refractivity contribution in [3.8, 4) is 0 Å². The Morgan fingerprint density at radius 1 is 0.253 bits per heavy atom. The van der Waals surface area contributed by atoms with Gasteiger partial charge >= 0.3 is 17.9 Å². The molecule has 0 aromatic rings. The van der Waals surface area contributed by atoms with Gasteiger partial charge in [-0.25, -0.2) is 0 Å². The molecule has 0 aliphatic carbocycles. The molecule has 0 bridgehead atoms. The SMILES string of the molecule is CC/C=C\C/C=C\C/C=C\C/C=C\C/C=C\C/C=C\C/C=C\C/C=C\C/C=C\C/C=C\CCCCCCC(=O)OCC(COC(=O)CCCCCCCCCCCCCCC)OC(=O)CCCCCCCCC/C=C\CCCCCCCC. The molecule has 0 aromatic carbocycles. The van der Waals surface area contributed by atoms with Gasteiger partial charge < -0.3 is 14.2 Å². The van der Waals surface area contributed by atoms with Crippen LogP contribution in [-0.2, 0) is 28.6 Å². The molecule has 0 aliphatic rings. The van der Waals surface area contributed by atoms with Crippen molar-refractivity contribution in [2.24, 2.45) is 0 Å². The van der Waals surface area contributed by atoms with Gasteiger partial charge in [0.25, 0.3) is 0 Å². The summed E-state index contributed by atoms with van der Waals surface area (Å²) in [6.07, 6.45) is 99.0. The van der Waals surface area contributed by atoms with E-state index in [9.17, 15) is 14.4 Å². The summed E-state index contributed by atoms with van der Waals surface area (Å²) in [6.45, 7) is 6.52. The topological polar surface area (TPSA) is 78.9 Å². The van der Waals surface area contributed by atoms with Crippen LogP contribution in [-0.4, -0.2) is 37.2 Å². The maximum atomic E-state index is 12.9. The molecule has 0 radical (unpaired) electrons. The maximum Gasteiger partial charge on any atom is 0.306 e. The smallest absolute Gasteiger partial charge is 0.306 e. The molecule has 0 fully saturated rings. The molecule has 0 N–H and O–H groups in total. The van der Waals surface area contributed by atoms with E-state index in [1.54, 1.807) is 0 Å². The Morgan fingerprint density at radius 2 is 0.470 bits per heavy atom. The van der Waals surface area contributed by atoms with E-state index < -0.39 is 6.10 Å². The van der Waals surface area contributed by atoms with Gasteiger partial charge in [0.1, 0.15) is 13.2 Å². The highest BCUT2D eigenvalue weighted by Crippen LogP contribution is 2.16. The molecule has 0 spiro atoms. The van der Waals surface area contributed by atoms with E-state index >= 15 is 0 Å². The number of carbonyl (C=O) groups is 3. The molecule has 0 heterocycles. The van der Waals surface area contributed by atoms with E-state index in [4.69, 9.17) is 14.2 Å². The molecule has 1 atom stereocenters. The van der Waals surface area contributed by atoms with Crippen LogP contribution in [0.2, 0.25) is 0 Å². The minimum Gasteiger partial charge on any atom is -0.462 e. The van der Waals surface area contributed by atoms with Crippen molar-refractivity contribution >= 4 is 17.9 Å². The Hall–Kier alpha value is -4.45. The van der Waals surface area contributed by atoms with Gasteiger partial charge in [0.15, 0.2) is 6.10 Å². The zero-order valence-electron chi connectivity index (χ0n) is 54.2. The quantitative estimate of drug-likeness (QED) is 0.0261. The van der Waals surface area contributed by atoms with Crippen LogP contribution in [0.5, 0.6) is 0 Å². The largest absolute Gasteiger partial charge is 0.462 e. The lowest BCUT2D eigenvalue weighted by molar-refractivity contribution is -0.167. The zero-order valence-corrected chi connectivity index (χ0v) is 54.2. The second kappa shape index (κ2) is 70.0. The average molecular weight is 1150 g/mol. The number of unbranched alkanes of at least 4 members (excludes halogenated alkanes) is 29. The number of allylic oxidation sites excluding steroid dienone is 22. The predicted molar refractivity (Wildman–Crippen MR) is 362 cm³/mol. The summed E-state index contributed by atoms with van der Waals surface area (Å²) in [5.41, 5.74) is 0. The summed E-state index contributed by atoms with van der Waals surface area (Å²) in [7, 11) is 0. The second-order valence-electron chi connectivity index (χ2n) is 22.7. The fraction of sp³-hybridized carbons (Fsp3) is 0.675. The lowest BCUT2D eigenvalue weighted by Gasteiger charge is -2.18. The van der Waals surface area contributed by atoms with Gasteiger partial charge in [-0.05, 0) is 122 Å². The third kappa shape index (κ3) is 68.2. The van der Waals surface area contributed by atoms with Gasteiger partial charge in [0, 0.05) is 19.3 Å². The van der Waals surface area contributed by atoms with E-state index in [-0.39, 0.29) is 31.1 Å². The summed E-state index contributed by atoms with van der Waals surface area (Å²) in [5.74, 6) is -0.910. The van der Waals surface area contributed by atoms with Crippen molar-refractivity contribution in [3.63, 3.8) is 0 Å². The molecular formula is C77H128O6. The molecule has 0 saturated carbocycles. The Kier molecular flexibility index (Phi) is 66.3. The van der Waals surface area contributed by atoms with Gasteiger partial charge in [-0.2, -0.15) is 0 Å². The van der Waals surface area contributed by atoms with Crippen LogP contribution in [0.15, 0.2) is 134 Å². The summed E-state index contributed by atoms with van der Waals surface area (Å²) in [4.78, 5) is 38.3. The van der Waals surface area contributed by atoms with E-state index in [0.29, 0.717) is 19.3 Å². The van der Waals surface area contributed by atoms with Crippen molar-refractivity contribution in [2.75, 3.05) is 13.2 Å². The van der Waals surface area contributed by atoms with Gasteiger partial charge in [-0.1, -0.05) is 309 Å². The molecule has 0 rings (SSSR count). The minimum absolute atomic E-state index is 0.0873. The van der Waals surface area contributed by atoms with Crippen molar-refractivity contribution in [1.29, 1.82) is 0 Å². The summed E-state index contributed by atoms with van der Waals surface area (Å²) >= 11 is 0. The first-order valence-corrected chi connectivity index (χ1v) is 34.7. The van der Waals surface area contributed by atoms with Crippen LogP contribution < -0.4 is 0 Å². The Bertz CT molecular complexity index is 1750.